The van der Waals surface area contributed by atoms with Crippen LogP contribution in [0, 0.1) is 0 Å². The van der Waals surface area contributed by atoms with E-state index in [1.54, 1.807) is 42.5 Å². The second-order valence-corrected chi connectivity index (χ2v) is 6.92. The normalized spacial score (nSPS) is 11.8. The maximum atomic E-state index is 12.6. The Balaban J connectivity index is 1.78. The first kappa shape index (κ1) is 21.0. The standard InChI is InChI=1S/C20H19Cl2N3O4/c1-28-15-7-12(8-16(9-15)29-2)18(26)11-23-17-10-24-25(20(27)19(17)22)14-5-3-13(21)4-6-14/h3-10,18,23,26H,11H2,1-2H3. The summed E-state index contributed by atoms with van der Waals surface area (Å²) in [4.78, 5) is 12.6. The summed E-state index contributed by atoms with van der Waals surface area (Å²) in [6, 6.07) is 11.8. The van der Waals surface area contributed by atoms with Gasteiger partial charge >= 0.3 is 0 Å². The van der Waals surface area contributed by atoms with Crippen LogP contribution in [0.2, 0.25) is 10.0 Å². The van der Waals surface area contributed by atoms with Crippen molar-refractivity contribution < 1.29 is 14.6 Å². The second kappa shape index (κ2) is 9.17. The molecule has 29 heavy (non-hydrogen) atoms. The highest BCUT2D eigenvalue weighted by molar-refractivity contribution is 6.33. The van der Waals surface area contributed by atoms with Crippen molar-refractivity contribution in [3.63, 3.8) is 0 Å². The molecule has 2 N–H and O–H groups in total. The molecular weight excluding hydrogens is 417 g/mol. The molecule has 3 rings (SSSR count). The number of methoxy groups -OCH3 is 2. The van der Waals surface area contributed by atoms with E-state index in [1.807, 2.05) is 0 Å². The zero-order valence-electron chi connectivity index (χ0n) is 15.7. The number of hydrogen-bond donors (Lipinski definition) is 2. The molecule has 0 amide bonds. The maximum absolute atomic E-state index is 12.6. The van der Waals surface area contributed by atoms with Gasteiger partial charge in [-0.15, -0.1) is 0 Å². The Hall–Kier alpha value is -2.74. The smallest absolute Gasteiger partial charge is 0.292 e. The fraction of sp³-hybridized carbons (Fsp3) is 0.200. The largest absolute Gasteiger partial charge is 0.497 e. The molecule has 0 aliphatic heterocycles. The fourth-order valence-electron chi connectivity index (χ4n) is 2.67. The van der Waals surface area contributed by atoms with Gasteiger partial charge in [-0.3, -0.25) is 4.79 Å². The topological polar surface area (TPSA) is 85.6 Å². The summed E-state index contributed by atoms with van der Waals surface area (Å²) >= 11 is 12.1. The third-order valence-electron chi connectivity index (χ3n) is 4.23. The lowest BCUT2D eigenvalue weighted by atomic mass is 10.1. The summed E-state index contributed by atoms with van der Waals surface area (Å²) in [6.45, 7) is 0.0993. The van der Waals surface area contributed by atoms with Crippen molar-refractivity contribution in [3.05, 3.63) is 74.6 Å². The molecular formula is C20H19Cl2N3O4. The molecule has 0 aliphatic carbocycles. The lowest BCUT2D eigenvalue weighted by Gasteiger charge is -2.16. The van der Waals surface area contributed by atoms with Crippen LogP contribution in [0.25, 0.3) is 5.69 Å². The minimum Gasteiger partial charge on any atom is -0.497 e. The quantitative estimate of drug-likeness (QED) is 0.588. The Morgan fingerprint density at radius 2 is 1.72 bits per heavy atom. The molecule has 0 saturated heterocycles. The van der Waals surface area contributed by atoms with Crippen molar-refractivity contribution in [1.29, 1.82) is 0 Å². The molecule has 1 atom stereocenters. The summed E-state index contributed by atoms with van der Waals surface area (Å²) in [7, 11) is 3.06. The molecule has 3 aromatic rings. The summed E-state index contributed by atoms with van der Waals surface area (Å²) in [6.07, 6.45) is 0.533. The fourth-order valence-corrected chi connectivity index (χ4v) is 2.99. The number of hydrogen-bond acceptors (Lipinski definition) is 6. The van der Waals surface area contributed by atoms with Crippen molar-refractivity contribution in [2.24, 2.45) is 0 Å². The molecule has 0 radical (unpaired) electrons. The Morgan fingerprint density at radius 1 is 1.10 bits per heavy atom. The molecule has 1 unspecified atom stereocenters. The van der Waals surface area contributed by atoms with Crippen molar-refractivity contribution >= 4 is 28.9 Å². The van der Waals surface area contributed by atoms with Crippen LogP contribution in [0.1, 0.15) is 11.7 Å². The van der Waals surface area contributed by atoms with E-state index in [2.05, 4.69) is 10.4 Å². The van der Waals surface area contributed by atoms with Crippen LogP contribution in [0.4, 0.5) is 5.69 Å². The highest BCUT2D eigenvalue weighted by Gasteiger charge is 2.14. The molecule has 7 nitrogen and oxygen atoms in total. The number of ether oxygens (including phenoxy) is 2. The van der Waals surface area contributed by atoms with Gasteiger partial charge in [0.1, 0.15) is 16.5 Å². The van der Waals surface area contributed by atoms with Crippen LogP contribution in [-0.4, -0.2) is 35.7 Å². The zero-order valence-corrected chi connectivity index (χ0v) is 17.2. The third kappa shape index (κ3) is 4.82. The van der Waals surface area contributed by atoms with Gasteiger partial charge in [0.05, 0.1) is 37.9 Å². The minimum absolute atomic E-state index is 0.0367. The average molecular weight is 436 g/mol. The maximum Gasteiger partial charge on any atom is 0.292 e. The monoisotopic (exact) mass is 435 g/mol. The van der Waals surface area contributed by atoms with Gasteiger partial charge in [-0.1, -0.05) is 23.2 Å². The van der Waals surface area contributed by atoms with Crippen LogP contribution < -0.4 is 20.3 Å². The number of aliphatic hydroxyl groups is 1. The first-order valence-corrected chi connectivity index (χ1v) is 9.37. The van der Waals surface area contributed by atoms with Crippen LogP contribution in [0.15, 0.2) is 53.5 Å². The van der Waals surface area contributed by atoms with Gasteiger partial charge in [-0.25, -0.2) is 0 Å². The van der Waals surface area contributed by atoms with Gasteiger partial charge in [-0.05, 0) is 42.0 Å². The van der Waals surface area contributed by atoms with E-state index in [9.17, 15) is 9.90 Å². The lowest BCUT2D eigenvalue weighted by molar-refractivity contribution is 0.190. The van der Waals surface area contributed by atoms with Crippen LogP contribution in [0.3, 0.4) is 0 Å². The molecule has 0 saturated carbocycles. The van der Waals surface area contributed by atoms with Crippen LogP contribution in [-0.2, 0) is 0 Å². The molecule has 0 bridgehead atoms. The number of anilines is 1. The van der Waals surface area contributed by atoms with Gasteiger partial charge in [0.15, 0.2) is 0 Å². The molecule has 0 spiro atoms. The van der Waals surface area contributed by atoms with Gasteiger partial charge < -0.3 is 19.9 Å². The molecule has 0 fully saturated rings. The van der Waals surface area contributed by atoms with E-state index in [0.29, 0.717) is 33.5 Å². The molecule has 2 aromatic carbocycles. The SMILES string of the molecule is COc1cc(OC)cc(C(O)CNc2cnn(-c3ccc(Cl)cc3)c(=O)c2Cl)c1. The van der Waals surface area contributed by atoms with E-state index < -0.39 is 11.7 Å². The van der Waals surface area contributed by atoms with Gasteiger partial charge in [0.2, 0.25) is 0 Å². The predicted octanol–water partition coefficient (Wildman–Crippen LogP) is 3.70. The molecule has 152 valence electrons. The molecule has 1 aromatic heterocycles. The van der Waals surface area contributed by atoms with Gasteiger partial charge in [0, 0.05) is 17.6 Å². The summed E-state index contributed by atoms with van der Waals surface area (Å²) in [5.41, 5.74) is 0.955. The Labute approximate surface area is 177 Å². The molecule has 0 aliphatic rings. The molecule has 9 heteroatoms. The Bertz CT molecular complexity index is 1030. The predicted molar refractivity (Wildman–Crippen MR) is 113 cm³/mol. The number of halogens is 2. The third-order valence-corrected chi connectivity index (χ3v) is 4.85. The number of aliphatic hydroxyl groups excluding tert-OH is 1. The molecule has 1 heterocycles. The van der Waals surface area contributed by atoms with E-state index in [-0.39, 0.29) is 11.6 Å². The Morgan fingerprint density at radius 3 is 2.31 bits per heavy atom. The number of nitrogens with one attached hydrogen (secondary N) is 1. The summed E-state index contributed by atoms with van der Waals surface area (Å²) < 4.78 is 11.6. The summed E-state index contributed by atoms with van der Waals surface area (Å²) in [5.74, 6) is 1.12. The van der Waals surface area contributed by atoms with E-state index in [4.69, 9.17) is 32.7 Å². The zero-order chi connectivity index (χ0) is 21.0. The van der Waals surface area contributed by atoms with Gasteiger partial charge in [0.25, 0.3) is 5.56 Å². The van der Waals surface area contributed by atoms with Crippen molar-refractivity contribution in [2.45, 2.75) is 6.10 Å². The van der Waals surface area contributed by atoms with Crippen molar-refractivity contribution in [3.8, 4) is 17.2 Å². The number of benzene rings is 2. The number of rotatable bonds is 7. The van der Waals surface area contributed by atoms with E-state index in [0.717, 1.165) is 0 Å². The first-order valence-electron chi connectivity index (χ1n) is 8.61. The summed E-state index contributed by atoms with van der Waals surface area (Å²) in [5, 5.41) is 18.1. The highest BCUT2D eigenvalue weighted by atomic mass is 35.5. The van der Waals surface area contributed by atoms with Gasteiger partial charge in [-0.2, -0.15) is 9.78 Å². The minimum atomic E-state index is -0.895. The lowest BCUT2D eigenvalue weighted by Crippen LogP contribution is -2.23. The highest BCUT2D eigenvalue weighted by Crippen LogP contribution is 2.27. The number of aromatic nitrogens is 2. The van der Waals surface area contributed by atoms with Crippen molar-refractivity contribution in [1.82, 2.24) is 9.78 Å². The Kier molecular flexibility index (Phi) is 6.64. The van der Waals surface area contributed by atoms with Crippen LogP contribution >= 0.6 is 23.2 Å². The van der Waals surface area contributed by atoms with E-state index in [1.165, 1.54) is 25.1 Å². The van der Waals surface area contributed by atoms with Crippen molar-refractivity contribution in [2.75, 3.05) is 26.1 Å². The second-order valence-electron chi connectivity index (χ2n) is 6.11. The average Bonchev–Trinajstić information content (AvgIpc) is 2.75. The first-order chi connectivity index (χ1) is 13.9. The number of nitrogens with zero attached hydrogens (tertiary/aromatic N) is 2. The van der Waals surface area contributed by atoms with Crippen LogP contribution in [0.5, 0.6) is 11.5 Å². The van der Waals surface area contributed by atoms with E-state index >= 15 is 0 Å².